The predicted octanol–water partition coefficient (Wildman–Crippen LogP) is 8.85. The van der Waals surface area contributed by atoms with Crippen LogP contribution in [0, 0.1) is 62.6 Å². The number of carboxylic acid groups (broad SMARTS) is 1. The molecule has 4 rings (SSSR count). The Morgan fingerprint density at radius 2 is 1.56 bits per heavy atom. The Labute approximate surface area is 222 Å². The molecule has 0 heterocycles. The minimum Gasteiger partial charge on any atom is -0.481 e. The molecule has 4 saturated carbocycles. The van der Waals surface area contributed by atoms with E-state index in [1.165, 1.54) is 38.5 Å². The lowest BCUT2D eigenvalue weighted by atomic mass is 9.31. The van der Waals surface area contributed by atoms with Crippen molar-refractivity contribution in [2.24, 2.45) is 62.6 Å². The average Bonchev–Trinajstić information content (AvgIpc) is 2.79. The minimum absolute atomic E-state index is 0.210. The van der Waals surface area contributed by atoms with Gasteiger partial charge in [0.05, 0.1) is 11.5 Å². The summed E-state index contributed by atoms with van der Waals surface area (Å²) in [5, 5.41) is 10.7. The van der Waals surface area contributed by atoms with Gasteiger partial charge in [0.25, 0.3) is 0 Å². The van der Waals surface area contributed by atoms with E-state index >= 15 is 0 Å². The summed E-state index contributed by atoms with van der Waals surface area (Å²) in [6.45, 7) is 22.1. The second-order valence-corrected chi connectivity index (χ2v) is 15.4. The van der Waals surface area contributed by atoms with E-state index in [2.05, 4.69) is 62.3 Å². The number of methoxy groups -OCH3 is 1. The van der Waals surface area contributed by atoms with Gasteiger partial charge in [0.15, 0.2) is 0 Å². The normalized spacial score (nSPS) is 49.0. The number of hydrogen-bond acceptors (Lipinski definition) is 2. The van der Waals surface area contributed by atoms with E-state index in [1.54, 1.807) is 0 Å². The third-order valence-corrected chi connectivity index (χ3v) is 14.2. The lowest BCUT2D eigenvalue weighted by Gasteiger charge is -2.73. The summed E-state index contributed by atoms with van der Waals surface area (Å²) < 4.78 is 6.04. The topological polar surface area (TPSA) is 46.5 Å². The Bertz CT molecular complexity index is 833. The molecule has 4 aliphatic rings. The molecule has 0 saturated heterocycles. The van der Waals surface area contributed by atoms with Crippen molar-refractivity contribution in [3.8, 4) is 0 Å². The van der Waals surface area contributed by atoms with Crippen molar-refractivity contribution in [3.05, 3.63) is 0 Å². The van der Waals surface area contributed by atoms with Crippen LogP contribution in [0.4, 0.5) is 0 Å². The zero-order valence-corrected chi connectivity index (χ0v) is 25.4. The number of rotatable bonds is 6. The van der Waals surface area contributed by atoms with Gasteiger partial charge in [-0.25, -0.2) is 0 Å². The van der Waals surface area contributed by atoms with Crippen molar-refractivity contribution in [2.45, 2.75) is 133 Å². The predicted molar refractivity (Wildman–Crippen MR) is 149 cm³/mol. The molecular weight excluding hydrogens is 444 g/mol. The highest BCUT2D eigenvalue weighted by Gasteiger charge is 2.70. The summed E-state index contributed by atoms with van der Waals surface area (Å²) >= 11 is 0. The van der Waals surface area contributed by atoms with Gasteiger partial charge in [-0.1, -0.05) is 68.7 Å². The standard InChI is InChI=1S/C33H58O3/c1-11-22(21(3)4)27-23-13-14-25-30(7)17-16-26(36-10)29(5,6)24(30)15-18-32(25,9)31(23,8)19-20-33(27,12-2)28(34)35/h21-27H,11-20H2,1-10H3,(H,34,35)/t22?,23?,24?,25?,26-,27?,30-,31+,32+,33-/m0/s1. The van der Waals surface area contributed by atoms with Crippen molar-refractivity contribution in [1.29, 1.82) is 0 Å². The first-order valence-corrected chi connectivity index (χ1v) is 15.5. The van der Waals surface area contributed by atoms with E-state index in [1.807, 2.05) is 7.11 Å². The zero-order chi connectivity index (χ0) is 26.9. The van der Waals surface area contributed by atoms with Crippen molar-refractivity contribution in [2.75, 3.05) is 7.11 Å². The highest BCUT2D eigenvalue weighted by molar-refractivity contribution is 5.75. The van der Waals surface area contributed by atoms with Crippen LogP contribution in [0.2, 0.25) is 0 Å². The quantitative estimate of drug-likeness (QED) is 0.394. The van der Waals surface area contributed by atoms with Gasteiger partial charge in [0.2, 0.25) is 0 Å². The molecule has 5 unspecified atom stereocenters. The smallest absolute Gasteiger partial charge is 0.309 e. The SMILES string of the molecule is CCC(C(C)C)C1C2CCC3[C@@]4(C)CC[C@H](OC)C(C)(C)C4CC[C@@]3(C)[C@]2(C)CC[C@]1(CC)C(=O)O. The molecule has 0 aliphatic heterocycles. The molecule has 3 heteroatoms. The Balaban J connectivity index is 1.79. The Kier molecular flexibility index (Phi) is 7.32. The maximum atomic E-state index is 13.1. The van der Waals surface area contributed by atoms with E-state index in [9.17, 15) is 9.90 Å². The number of fused-ring (bicyclic) bond motifs is 5. The van der Waals surface area contributed by atoms with Crippen LogP contribution in [-0.2, 0) is 9.53 Å². The molecule has 0 spiro atoms. The van der Waals surface area contributed by atoms with Crippen LogP contribution in [0.1, 0.15) is 127 Å². The van der Waals surface area contributed by atoms with E-state index in [0.29, 0.717) is 35.2 Å². The molecule has 0 aromatic carbocycles. The summed E-state index contributed by atoms with van der Waals surface area (Å²) in [5.41, 5.74) is 0.499. The fourth-order valence-electron chi connectivity index (χ4n) is 12.1. The van der Waals surface area contributed by atoms with Crippen LogP contribution in [0.5, 0.6) is 0 Å². The molecule has 1 N–H and O–H groups in total. The Morgan fingerprint density at radius 3 is 2.08 bits per heavy atom. The Hall–Kier alpha value is -0.570. The first-order valence-electron chi connectivity index (χ1n) is 15.5. The summed E-state index contributed by atoms with van der Waals surface area (Å²) in [6.07, 6.45) is 11.7. The number of carbonyl (C=O) groups is 1. The fourth-order valence-corrected chi connectivity index (χ4v) is 12.1. The van der Waals surface area contributed by atoms with Gasteiger partial charge in [0.1, 0.15) is 0 Å². The third kappa shape index (κ3) is 3.56. The largest absolute Gasteiger partial charge is 0.481 e. The highest BCUT2D eigenvalue weighted by Crippen LogP contribution is 2.76. The molecule has 3 nitrogen and oxygen atoms in total. The van der Waals surface area contributed by atoms with Crippen molar-refractivity contribution in [1.82, 2.24) is 0 Å². The van der Waals surface area contributed by atoms with E-state index < -0.39 is 11.4 Å². The molecule has 10 atom stereocenters. The number of hydrogen-bond donors (Lipinski definition) is 1. The molecule has 0 aromatic heterocycles. The maximum Gasteiger partial charge on any atom is 0.309 e. The van der Waals surface area contributed by atoms with Crippen molar-refractivity contribution < 1.29 is 14.6 Å². The molecule has 4 aliphatic carbocycles. The molecule has 4 fully saturated rings. The minimum atomic E-state index is -0.558. The third-order valence-electron chi connectivity index (χ3n) is 14.2. The van der Waals surface area contributed by atoms with Gasteiger partial charge in [-0.2, -0.15) is 0 Å². The molecule has 0 radical (unpaired) electrons. The maximum absolute atomic E-state index is 13.1. The molecular formula is C33H58O3. The van der Waals surface area contributed by atoms with E-state index in [4.69, 9.17) is 4.74 Å². The van der Waals surface area contributed by atoms with Crippen LogP contribution in [0.25, 0.3) is 0 Å². The number of carboxylic acids is 1. The van der Waals surface area contributed by atoms with Crippen molar-refractivity contribution in [3.63, 3.8) is 0 Å². The molecule has 208 valence electrons. The summed E-state index contributed by atoms with van der Waals surface area (Å²) in [4.78, 5) is 13.1. The van der Waals surface area contributed by atoms with Crippen LogP contribution in [0.3, 0.4) is 0 Å². The first kappa shape index (κ1) is 28.4. The molecule has 36 heavy (non-hydrogen) atoms. The highest BCUT2D eigenvalue weighted by atomic mass is 16.5. The second kappa shape index (κ2) is 9.27. The molecule has 0 bridgehead atoms. The summed E-state index contributed by atoms with van der Waals surface area (Å²) in [7, 11) is 1.91. The molecule has 0 aromatic rings. The van der Waals surface area contributed by atoms with E-state index in [0.717, 1.165) is 31.6 Å². The molecule has 0 amide bonds. The van der Waals surface area contributed by atoms with Crippen LogP contribution in [-0.4, -0.2) is 24.3 Å². The van der Waals surface area contributed by atoms with Gasteiger partial charge in [-0.05, 0) is 115 Å². The Morgan fingerprint density at radius 1 is 0.889 bits per heavy atom. The lowest BCUT2D eigenvalue weighted by Crippen LogP contribution is -2.67. The van der Waals surface area contributed by atoms with E-state index in [-0.39, 0.29) is 22.2 Å². The summed E-state index contributed by atoms with van der Waals surface area (Å²) in [5.74, 6) is 2.71. The summed E-state index contributed by atoms with van der Waals surface area (Å²) in [6, 6.07) is 0. The van der Waals surface area contributed by atoms with Gasteiger partial charge in [-0.15, -0.1) is 0 Å². The van der Waals surface area contributed by atoms with Crippen LogP contribution >= 0.6 is 0 Å². The van der Waals surface area contributed by atoms with Crippen LogP contribution in [0.15, 0.2) is 0 Å². The van der Waals surface area contributed by atoms with Gasteiger partial charge in [0, 0.05) is 7.11 Å². The fraction of sp³-hybridized carbons (Fsp3) is 0.970. The first-order chi connectivity index (χ1) is 16.7. The zero-order valence-electron chi connectivity index (χ0n) is 25.4. The monoisotopic (exact) mass is 502 g/mol. The second-order valence-electron chi connectivity index (χ2n) is 15.4. The number of ether oxygens (including phenoxy) is 1. The van der Waals surface area contributed by atoms with Crippen molar-refractivity contribution >= 4 is 5.97 Å². The van der Waals surface area contributed by atoms with Gasteiger partial charge < -0.3 is 9.84 Å². The van der Waals surface area contributed by atoms with Gasteiger partial charge in [-0.3, -0.25) is 4.79 Å². The van der Waals surface area contributed by atoms with Crippen LogP contribution < -0.4 is 0 Å². The lowest BCUT2D eigenvalue weighted by molar-refractivity contribution is -0.256. The number of aliphatic carboxylic acids is 1. The average molecular weight is 503 g/mol. The van der Waals surface area contributed by atoms with Gasteiger partial charge >= 0.3 is 5.97 Å².